The Kier molecular flexibility index (Phi) is 4.04. The third-order valence-corrected chi connectivity index (χ3v) is 3.01. The molecule has 0 aliphatic heterocycles. The number of nitro groups is 1. The van der Waals surface area contributed by atoms with Gasteiger partial charge < -0.3 is 11.1 Å². The summed E-state index contributed by atoms with van der Waals surface area (Å²) in [6, 6.07) is 7.58. The largest absolute Gasteiger partial charge is 0.393 e. The molecule has 0 bridgehead atoms. The average Bonchev–Trinajstić information content (AvgIpc) is 2.42. The van der Waals surface area contributed by atoms with E-state index in [-0.39, 0.29) is 27.6 Å². The van der Waals surface area contributed by atoms with Gasteiger partial charge in [0.25, 0.3) is 11.6 Å². The van der Waals surface area contributed by atoms with Crippen LogP contribution in [0.25, 0.3) is 0 Å². The van der Waals surface area contributed by atoms with Gasteiger partial charge in [0.15, 0.2) is 0 Å². The van der Waals surface area contributed by atoms with Crippen LogP contribution in [-0.4, -0.2) is 10.8 Å². The fourth-order valence-electron chi connectivity index (χ4n) is 1.68. The molecular formula is C13H9ClFN3O3. The Morgan fingerprint density at radius 2 is 2.05 bits per heavy atom. The van der Waals surface area contributed by atoms with E-state index in [1.54, 1.807) is 0 Å². The Bertz CT molecular complexity index is 737. The molecule has 0 aromatic heterocycles. The van der Waals surface area contributed by atoms with Crippen LogP contribution in [0.5, 0.6) is 0 Å². The molecule has 0 fully saturated rings. The minimum atomic E-state index is -0.693. The highest BCUT2D eigenvalue weighted by Gasteiger charge is 2.19. The summed E-state index contributed by atoms with van der Waals surface area (Å²) in [5.41, 5.74) is 5.06. The van der Waals surface area contributed by atoms with Gasteiger partial charge in [-0.2, -0.15) is 0 Å². The molecule has 2 aromatic rings. The number of carbonyl (C=O) groups is 1. The second-order valence-corrected chi connectivity index (χ2v) is 4.49. The molecule has 0 unspecified atom stereocenters. The van der Waals surface area contributed by atoms with Crippen LogP contribution < -0.4 is 11.1 Å². The second-order valence-electron chi connectivity index (χ2n) is 4.08. The second kappa shape index (κ2) is 5.76. The number of hydrogen-bond acceptors (Lipinski definition) is 4. The summed E-state index contributed by atoms with van der Waals surface area (Å²) in [6.07, 6.45) is 0. The molecule has 0 heterocycles. The number of nitrogens with two attached hydrogens (primary N) is 1. The number of benzene rings is 2. The number of nitro benzene ring substituents is 1. The number of nitrogens with zero attached hydrogens (tertiary/aromatic N) is 1. The zero-order valence-electron chi connectivity index (χ0n) is 10.5. The molecule has 8 heteroatoms. The van der Waals surface area contributed by atoms with Gasteiger partial charge in [0.05, 0.1) is 15.5 Å². The Labute approximate surface area is 123 Å². The van der Waals surface area contributed by atoms with E-state index in [9.17, 15) is 19.3 Å². The van der Waals surface area contributed by atoms with E-state index in [1.807, 2.05) is 0 Å². The molecule has 0 aliphatic carbocycles. The molecule has 108 valence electrons. The number of carbonyl (C=O) groups excluding carboxylic acids is 1. The smallest absolute Gasteiger partial charge is 0.292 e. The maximum Gasteiger partial charge on any atom is 0.292 e. The number of nitrogens with one attached hydrogen (secondary N) is 1. The minimum absolute atomic E-state index is 0.0699. The molecule has 0 aliphatic rings. The summed E-state index contributed by atoms with van der Waals surface area (Å²) >= 11 is 5.53. The van der Waals surface area contributed by atoms with Crippen LogP contribution in [0, 0.1) is 15.9 Å². The van der Waals surface area contributed by atoms with E-state index < -0.39 is 16.6 Å². The highest BCUT2D eigenvalue weighted by atomic mass is 35.5. The first-order chi connectivity index (χ1) is 9.90. The average molecular weight is 310 g/mol. The maximum absolute atomic E-state index is 13.3. The van der Waals surface area contributed by atoms with Crippen LogP contribution in [0.15, 0.2) is 36.4 Å². The van der Waals surface area contributed by atoms with E-state index in [2.05, 4.69) is 5.32 Å². The van der Waals surface area contributed by atoms with Gasteiger partial charge in [-0.1, -0.05) is 17.7 Å². The third-order valence-electron chi connectivity index (χ3n) is 2.70. The Morgan fingerprint density at radius 1 is 1.33 bits per heavy atom. The Hall–Kier alpha value is -2.67. The zero-order chi connectivity index (χ0) is 15.6. The van der Waals surface area contributed by atoms with Gasteiger partial charge in [-0.05, 0) is 24.3 Å². The normalized spacial score (nSPS) is 10.2. The number of nitrogen functional groups attached to an aromatic ring is 1. The summed E-state index contributed by atoms with van der Waals surface area (Å²) in [7, 11) is 0. The summed E-state index contributed by atoms with van der Waals surface area (Å²) in [4.78, 5) is 22.1. The van der Waals surface area contributed by atoms with Crippen molar-refractivity contribution in [2.24, 2.45) is 0 Å². The standard InChI is InChI=1S/C13H9ClFN3O3/c14-9-5-4-7(6-10(9)15)17-13(19)8-2-1-3-11(12(8)16)18(20)21/h1-6H,16H2,(H,17,19). The van der Waals surface area contributed by atoms with Crippen molar-refractivity contribution in [1.82, 2.24) is 0 Å². The van der Waals surface area contributed by atoms with Crippen molar-refractivity contribution in [2.75, 3.05) is 11.1 Å². The maximum atomic E-state index is 13.3. The predicted molar refractivity (Wildman–Crippen MR) is 76.9 cm³/mol. The lowest BCUT2D eigenvalue weighted by atomic mass is 10.1. The van der Waals surface area contributed by atoms with E-state index in [1.165, 1.54) is 30.3 Å². The molecule has 0 spiro atoms. The van der Waals surface area contributed by atoms with Crippen LogP contribution in [0.1, 0.15) is 10.4 Å². The van der Waals surface area contributed by atoms with Gasteiger partial charge in [0, 0.05) is 11.8 Å². The van der Waals surface area contributed by atoms with Crippen LogP contribution >= 0.6 is 11.6 Å². The lowest BCUT2D eigenvalue weighted by molar-refractivity contribution is -0.383. The van der Waals surface area contributed by atoms with Gasteiger partial charge in [0.1, 0.15) is 11.5 Å². The first-order valence-electron chi connectivity index (χ1n) is 5.69. The summed E-state index contributed by atoms with van der Waals surface area (Å²) in [5.74, 6) is -1.38. The van der Waals surface area contributed by atoms with Crippen LogP contribution in [0.3, 0.4) is 0 Å². The van der Waals surface area contributed by atoms with Crippen LogP contribution in [0.4, 0.5) is 21.5 Å². The first kappa shape index (κ1) is 14.7. The van der Waals surface area contributed by atoms with Gasteiger partial charge in [-0.25, -0.2) is 4.39 Å². The molecule has 0 saturated carbocycles. The fraction of sp³-hybridized carbons (Fsp3) is 0. The van der Waals surface area contributed by atoms with Crippen molar-refractivity contribution >= 4 is 34.6 Å². The first-order valence-corrected chi connectivity index (χ1v) is 6.07. The van der Waals surface area contributed by atoms with Gasteiger partial charge in [-0.15, -0.1) is 0 Å². The zero-order valence-corrected chi connectivity index (χ0v) is 11.2. The molecule has 0 atom stereocenters. The lowest BCUT2D eigenvalue weighted by Gasteiger charge is -2.08. The monoisotopic (exact) mass is 309 g/mol. The molecule has 21 heavy (non-hydrogen) atoms. The van der Waals surface area contributed by atoms with Crippen LogP contribution in [-0.2, 0) is 0 Å². The quantitative estimate of drug-likeness (QED) is 0.516. The molecule has 0 saturated heterocycles. The number of amides is 1. The number of halogens is 2. The number of para-hydroxylation sites is 1. The van der Waals surface area contributed by atoms with Crippen molar-refractivity contribution in [1.29, 1.82) is 0 Å². The minimum Gasteiger partial charge on any atom is -0.393 e. The van der Waals surface area contributed by atoms with E-state index in [0.717, 1.165) is 6.07 Å². The van der Waals surface area contributed by atoms with Crippen molar-refractivity contribution < 1.29 is 14.1 Å². The number of anilines is 2. The highest BCUT2D eigenvalue weighted by molar-refractivity contribution is 6.30. The summed E-state index contributed by atoms with van der Waals surface area (Å²) in [5, 5.41) is 13.1. The SMILES string of the molecule is Nc1c(C(=O)Nc2ccc(Cl)c(F)c2)cccc1[N+](=O)[O-]. The van der Waals surface area contributed by atoms with E-state index in [0.29, 0.717) is 0 Å². The Morgan fingerprint density at radius 3 is 2.67 bits per heavy atom. The Balaban J connectivity index is 2.30. The molecule has 3 N–H and O–H groups in total. The number of hydrogen-bond donors (Lipinski definition) is 2. The van der Waals surface area contributed by atoms with E-state index >= 15 is 0 Å². The molecular weight excluding hydrogens is 301 g/mol. The van der Waals surface area contributed by atoms with Crippen molar-refractivity contribution in [3.05, 3.63) is 62.9 Å². The van der Waals surface area contributed by atoms with Gasteiger partial charge in [-0.3, -0.25) is 14.9 Å². The number of rotatable bonds is 3. The molecule has 6 nitrogen and oxygen atoms in total. The molecule has 2 aromatic carbocycles. The molecule has 0 radical (unpaired) electrons. The van der Waals surface area contributed by atoms with E-state index in [4.69, 9.17) is 17.3 Å². The van der Waals surface area contributed by atoms with Crippen molar-refractivity contribution in [3.63, 3.8) is 0 Å². The molecule has 2 rings (SSSR count). The van der Waals surface area contributed by atoms with Crippen molar-refractivity contribution in [2.45, 2.75) is 0 Å². The van der Waals surface area contributed by atoms with Crippen molar-refractivity contribution in [3.8, 4) is 0 Å². The predicted octanol–water partition coefficient (Wildman–Crippen LogP) is 3.22. The highest BCUT2D eigenvalue weighted by Crippen LogP contribution is 2.26. The molecule has 1 amide bonds. The summed E-state index contributed by atoms with van der Waals surface area (Å²) < 4.78 is 13.3. The topological polar surface area (TPSA) is 98.3 Å². The third kappa shape index (κ3) is 3.09. The lowest BCUT2D eigenvalue weighted by Crippen LogP contribution is -2.15. The summed E-state index contributed by atoms with van der Waals surface area (Å²) in [6.45, 7) is 0. The van der Waals surface area contributed by atoms with Crippen LogP contribution in [0.2, 0.25) is 5.02 Å². The van der Waals surface area contributed by atoms with Gasteiger partial charge in [0.2, 0.25) is 0 Å². The van der Waals surface area contributed by atoms with Gasteiger partial charge >= 0.3 is 0 Å². The fourth-order valence-corrected chi connectivity index (χ4v) is 1.80.